The Morgan fingerprint density at radius 1 is 1.22 bits per heavy atom. The minimum atomic E-state index is 0.776. The molecule has 98 valence electrons. The quantitative estimate of drug-likeness (QED) is 0.760. The number of aromatic nitrogens is 1. The van der Waals surface area contributed by atoms with Gasteiger partial charge in [-0.1, -0.05) is 19.1 Å². The van der Waals surface area contributed by atoms with Gasteiger partial charge in [-0.05, 0) is 36.6 Å². The largest absolute Gasteiger partial charge is 0.380 e. The number of hydrogen-bond acceptors (Lipinski definition) is 2. The van der Waals surface area contributed by atoms with Crippen molar-refractivity contribution in [3.63, 3.8) is 0 Å². The molecule has 3 heteroatoms. The van der Waals surface area contributed by atoms with E-state index >= 15 is 0 Å². The molecule has 0 amide bonds. The van der Waals surface area contributed by atoms with E-state index in [1.807, 2.05) is 6.92 Å². The molecule has 2 rings (SSSR count). The Morgan fingerprint density at radius 2 is 2.11 bits per heavy atom. The van der Waals surface area contributed by atoms with Crippen molar-refractivity contribution in [2.24, 2.45) is 0 Å². The fraction of sp³-hybridized carbons (Fsp3) is 0.467. The van der Waals surface area contributed by atoms with Gasteiger partial charge in [0.05, 0.1) is 6.61 Å². The van der Waals surface area contributed by atoms with Gasteiger partial charge in [0.25, 0.3) is 0 Å². The molecule has 0 radical (unpaired) electrons. The highest BCUT2D eigenvalue weighted by Gasteiger charge is 2.02. The van der Waals surface area contributed by atoms with Crippen LogP contribution in [0, 0.1) is 0 Å². The molecule has 3 nitrogen and oxygen atoms in total. The number of fused-ring (bicyclic) bond motifs is 1. The average molecular weight is 246 g/mol. The molecule has 0 fully saturated rings. The Balaban J connectivity index is 2.14. The standard InChI is InChI=1S/C15H22N2O/c1-3-16-12-13-5-6-14-7-8-17(15(14)11-13)9-10-18-4-2/h5-8,11,16H,3-4,9-10,12H2,1-2H3. The van der Waals surface area contributed by atoms with Gasteiger partial charge in [0, 0.05) is 31.4 Å². The molecular formula is C15H22N2O. The summed E-state index contributed by atoms with van der Waals surface area (Å²) < 4.78 is 7.68. The van der Waals surface area contributed by atoms with Crippen molar-refractivity contribution < 1.29 is 4.74 Å². The molecule has 1 N–H and O–H groups in total. The van der Waals surface area contributed by atoms with E-state index in [-0.39, 0.29) is 0 Å². The highest BCUT2D eigenvalue weighted by Crippen LogP contribution is 2.17. The summed E-state index contributed by atoms with van der Waals surface area (Å²) in [4.78, 5) is 0. The molecule has 0 spiro atoms. The molecule has 0 unspecified atom stereocenters. The van der Waals surface area contributed by atoms with Crippen molar-refractivity contribution in [2.75, 3.05) is 19.8 Å². The fourth-order valence-corrected chi connectivity index (χ4v) is 2.11. The first kappa shape index (κ1) is 13.1. The van der Waals surface area contributed by atoms with Crippen LogP contribution in [-0.4, -0.2) is 24.3 Å². The molecule has 1 heterocycles. The second-order valence-electron chi connectivity index (χ2n) is 4.38. The van der Waals surface area contributed by atoms with Crippen molar-refractivity contribution in [1.29, 1.82) is 0 Å². The zero-order chi connectivity index (χ0) is 12.8. The summed E-state index contributed by atoms with van der Waals surface area (Å²) in [5, 5.41) is 4.66. The molecule has 18 heavy (non-hydrogen) atoms. The van der Waals surface area contributed by atoms with Crippen LogP contribution < -0.4 is 5.32 Å². The van der Waals surface area contributed by atoms with Gasteiger partial charge in [-0.15, -0.1) is 0 Å². The SMILES string of the molecule is CCNCc1ccc2ccn(CCOCC)c2c1. The topological polar surface area (TPSA) is 26.2 Å². The molecule has 1 aromatic heterocycles. The van der Waals surface area contributed by atoms with Gasteiger partial charge < -0.3 is 14.6 Å². The van der Waals surface area contributed by atoms with Gasteiger partial charge >= 0.3 is 0 Å². The zero-order valence-corrected chi connectivity index (χ0v) is 11.3. The molecule has 0 saturated heterocycles. The molecule has 0 bridgehead atoms. The number of benzene rings is 1. The lowest BCUT2D eigenvalue weighted by Gasteiger charge is -2.07. The van der Waals surface area contributed by atoms with Crippen LogP contribution in [0.3, 0.4) is 0 Å². The number of rotatable bonds is 7. The van der Waals surface area contributed by atoms with E-state index in [0.29, 0.717) is 0 Å². The first-order valence-corrected chi connectivity index (χ1v) is 6.71. The number of hydrogen-bond donors (Lipinski definition) is 1. The first-order chi connectivity index (χ1) is 8.85. The summed E-state index contributed by atoms with van der Waals surface area (Å²) in [6.07, 6.45) is 2.14. The van der Waals surface area contributed by atoms with E-state index in [0.717, 1.165) is 32.8 Å². The predicted molar refractivity (Wildman–Crippen MR) is 75.8 cm³/mol. The Kier molecular flexibility index (Phi) is 4.79. The lowest BCUT2D eigenvalue weighted by atomic mass is 10.1. The van der Waals surface area contributed by atoms with Crippen LogP contribution in [0.25, 0.3) is 10.9 Å². The second kappa shape index (κ2) is 6.57. The van der Waals surface area contributed by atoms with Crippen molar-refractivity contribution in [1.82, 2.24) is 9.88 Å². The Hall–Kier alpha value is -1.32. The summed E-state index contributed by atoms with van der Waals surface area (Å²) >= 11 is 0. The van der Waals surface area contributed by atoms with Gasteiger partial charge in [-0.25, -0.2) is 0 Å². The van der Waals surface area contributed by atoms with Gasteiger partial charge in [0.1, 0.15) is 0 Å². The average Bonchev–Trinajstić information content (AvgIpc) is 2.79. The van der Waals surface area contributed by atoms with Crippen molar-refractivity contribution in [2.45, 2.75) is 26.9 Å². The van der Waals surface area contributed by atoms with Crippen LogP contribution >= 0.6 is 0 Å². The van der Waals surface area contributed by atoms with Crippen LogP contribution in [0.1, 0.15) is 19.4 Å². The van der Waals surface area contributed by atoms with Crippen molar-refractivity contribution >= 4 is 10.9 Å². The van der Waals surface area contributed by atoms with Crippen LogP contribution in [0.2, 0.25) is 0 Å². The predicted octanol–water partition coefficient (Wildman–Crippen LogP) is 2.79. The second-order valence-corrected chi connectivity index (χ2v) is 4.38. The van der Waals surface area contributed by atoms with E-state index < -0.39 is 0 Å². The Labute approximate surface area is 109 Å². The molecule has 0 aliphatic carbocycles. The van der Waals surface area contributed by atoms with Gasteiger partial charge in [0.2, 0.25) is 0 Å². The molecule has 0 saturated carbocycles. The fourth-order valence-electron chi connectivity index (χ4n) is 2.11. The molecule has 0 aliphatic rings. The van der Waals surface area contributed by atoms with E-state index in [1.165, 1.54) is 16.5 Å². The summed E-state index contributed by atoms with van der Waals surface area (Å²) in [5.74, 6) is 0. The van der Waals surface area contributed by atoms with Gasteiger partial charge in [-0.3, -0.25) is 0 Å². The van der Waals surface area contributed by atoms with E-state index in [1.54, 1.807) is 0 Å². The molecule has 1 aromatic carbocycles. The molecular weight excluding hydrogens is 224 g/mol. The highest BCUT2D eigenvalue weighted by molar-refractivity contribution is 5.80. The minimum absolute atomic E-state index is 0.776. The summed E-state index contributed by atoms with van der Waals surface area (Å²) in [7, 11) is 0. The smallest absolute Gasteiger partial charge is 0.0645 e. The van der Waals surface area contributed by atoms with Gasteiger partial charge in [0.15, 0.2) is 0 Å². The highest BCUT2D eigenvalue weighted by atomic mass is 16.5. The number of nitrogens with one attached hydrogen (secondary N) is 1. The van der Waals surface area contributed by atoms with Crippen molar-refractivity contribution in [3.8, 4) is 0 Å². The van der Waals surface area contributed by atoms with E-state index in [4.69, 9.17) is 4.74 Å². The molecule has 0 atom stereocenters. The Bertz CT molecular complexity index is 490. The summed E-state index contributed by atoms with van der Waals surface area (Å²) in [5.41, 5.74) is 2.63. The van der Waals surface area contributed by atoms with E-state index in [9.17, 15) is 0 Å². The lowest BCUT2D eigenvalue weighted by molar-refractivity contribution is 0.140. The van der Waals surface area contributed by atoms with Crippen LogP contribution in [0.5, 0.6) is 0 Å². The summed E-state index contributed by atoms with van der Waals surface area (Å²) in [6.45, 7) is 8.57. The maximum atomic E-state index is 5.42. The number of nitrogens with zero attached hydrogens (tertiary/aromatic N) is 1. The zero-order valence-electron chi connectivity index (χ0n) is 11.3. The third-order valence-electron chi connectivity index (χ3n) is 3.10. The van der Waals surface area contributed by atoms with E-state index in [2.05, 4.69) is 47.3 Å². The Morgan fingerprint density at radius 3 is 2.89 bits per heavy atom. The van der Waals surface area contributed by atoms with Gasteiger partial charge in [-0.2, -0.15) is 0 Å². The van der Waals surface area contributed by atoms with Crippen molar-refractivity contribution in [3.05, 3.63) is 36.0 Å². The molecule has 2 aromatic rings. The first-order valence-electron chi connectivity index (χ1n) is 6.71. The minimum Gasteiger partial charge on any atom is -0.380 e. The third-order valence-corrected chi connectivity index (χ3v) is 3.10. The lowest BCUT2D eigenvalue weighted by Crippen LogP contribution is -2.11. The monoisotopic (exact) mass is 246 g/mol. The molecule has 0 aliphatic heterocycles. The third kappa shape index (κ3) is 3.12. The number of ether oxygens (including phenoxy) is 1. The van der Waals surface area contributed by atoms with Crippen LogP contribution in [0.15, 0.2) is 30.5 Å². The maximum absolute atomic E-state index is 5.42. The normalized spacial score (nSPS) is 11.2. The van der Waals surface area contributed by atoms with Crippen LogP contribution in [-0.2, 0) is 17.8 Å². The van der Waals surface area contributed by atoms with Crippen LogP contribution in [0.4, 0.5) is 0 Å². The summed E-state index contributed by atoms with van der Waals surface area (Å²) in [6, 6.07) is 8.82. The maximum Gasteiger partial charge on any atom is 0.0645 e.